The SMILES string of the molecule is O=C(O)c1cnoc1C(=O)NC1CCCC1. The monoisotopic (exact) mass is 224 g/mol. The number of carboxylic acid groups (broad SMARTS) is 1. The fourth-order valence-corrected chi connectivity index (χ4v) is 1.88. The average Bonchev–Trinajstić information content (AvgIpc) is 2.86. The van der Waals surface area contributed by atoms with E-state index >= 15 is 0 Å². The van der Waals surface area contributed by atoms with Crippen LogP contribution in [-0.4, -0.2) is 28.2 Å². The third kappa shape index (κ3) is 2.05. The Morgan fingerprint density at radius 1 is 1.44 bits per heavy atom. The van der Waals surface area contributed by atoms with Gasteiger partial charge in [0.25, 0.3) is 5.91 Å². The number of hydrogen-bond acceptors (Lipinski definition) is 4. The third-order valence-electron chi connectivity index (χ3n) is 2.70. The van der Waals surface area contributed by atoms with Crippen molar-refractivity contribution in [2.75, 3.05) is 0 Å². The quantitative estimate of drug-likeness (QED) is 0.800. The Morgan fingerprint density at radius 2 is 2.12 bits per heavy atom. The highest BCUT2D eigenvalue weighted by atomic mass is 16.5. The standard InChI is InChI=1S/C10H12N2O4/c13-9(12-6-3-1-2-4-6)8-7(10(14)15)5-11-16-8/h5-6H,1-4H2,(H,12,13)(H,14,15). The summed E-state index contributed by atoms with van der Waals surface area (Å²) in [6.45, 7) is 0. The fourth-order valence-electron chi connectivity index (χ4n) is 1.88. The Balaban J connectivity index is 2.08. The van der Waals surface area contributed by atoms with E-state index in [4.69, 9.17) is 5.11 Å². The lowest BCUT2D eigenvalue weighted by atomic mass is 10.2. The first kappa shape index (κ1) is 10.7. The van der Waals surface area contributed by atoms with Crippen LogP contribution < -0.4 is 5.32 Å². The van der Waals surface area contributed by atoms with Crippen LogP contribution in [0.4, 0.5) is 0 Å². The second kappa shape index (κ2) is 4.34. The van der Waals surface area contributed by atoms with Gasteiger partial charge in [-0.15, -0.1) is 0 Å². The van der Waals surface area contributed by atoms with Gasteiger partial charge in [0.2, 0.25) is 5.76 Å². The van der Waals surface area contributed by atoms with E-state index in [1.165, 1.54) is 0 Å². The first-order valence-electron chi connectivity index (χ1n) is 5.17. The molecule has 0 aliphatic heterocycles. The van der Waals surface area contributed by atoms with Gasteiger partial charge in [0.1, 0.15) is 5.56 Å². The van der Waals surface area contributed by atoms with E-state index in [-0.39, 0.29) is 17.4 Å². The second-order valence-electron chi connectivity index (χ2n) is 3.83. The molecule has 1 fully saturated rings. The number of rotatable bonds is 3. The molecule has 1 aromatic rings. The number of nitrogens with one attached hydrogen (secondary N) is 1. The van der Waals surface area contributed by atoms with Crippen LogP contribution in [0.1, 0.15) is 46.6 Å². The highest BCUT2D eigenvalue weighted by Crippen LogP contribution is 2.18. The molecule has 1 aromatic heterocycles. The number of aromatic carboxylic acids is 1. The summed E-state index contributed by atoms with van der Waals surface area (Å²) in [6, 6.07) is 0.124. The van der Waals surface area contributed by atoms with Crippen LogP contribution in [0.15, 0.2) is 10.7 Å². The van der Waals surface area contributed by atoms with Crippen molar-refractivity contribution < 1.29 is 19.2 Å². The van der Waals surface area contributed by atoms with Crippen LogP contribution in [-0.2, 0) is 0 Å². The van der Waals surface area contributed by atoms with Crippen molar-refractivity contribution in [3.8, 4) is 0 Å². The normalized spacial score (nSPS) is 16.2. The van der Waals surface area contributed by atoms with Crippen LogP contribution in [0.2, 0.25) is 0 Å². The van der Waals surface area contributed by atoms with Gasteiger partial charge in [-0.05, 0) is 12.8 Å². The van der Waals surface area contributed by atoms with Crippen LogP contribution in [0.5, 0.6) is 0 Å². The molecule has 0 aromatic carbocycles. The number of carbonyl (C=O) groups is 2. The maximum Gasteiger partial charge on any atom is 0.341 e. The third-order valence-corrected chi connectivity index (χ3v) is 2.70. The Bertz CT molecular complexity index is 407. The molecule has 86 valence electrons. The number of carbonyl (C=O) groups excluding carboxylic acids is 1. The highest BCUT2D eigenvalue weighted by molar-refractivity contribution is 6.02. The predicted octanol–water partition coefficient (Wildman–Crippen LogP) is 1.05. The molecule has 0 radical (unpaired) electrons. The fraction of sp³-hybridized carbons (Fsp3) is 0.500. The molecule has 1 amide bonds. The summed E-state index contributed by atoms with van der Waals surface area (Å²) in [4.78, 5) is 22.4. The minimum absolute atomic E-state index is 0.124. The number of amides is 1. The first-order valence-corrected chi connectivity index (χ1v) is 5.17. The van der Waals surface area contributed by atoms with Crippen molar-refractivity contribution in [1.29, 1.82) is 0 Å². The van der Waals surface area contributed by atoms with E-state index in [2.05, 4.69) is 15.0 Å². The Hall–Kier alpha value is -1.85. The van der Waals surface area contributed by atoms with Crippen molar-refractivity contribution in [1.82, 2.24) is 10.5 Å². The van der Waals surface area contributed by atoms with Crippen LogP contribution in [0.25, 0.3) is 0 Å². The molecule has 1 aliphatic carbocycles. The summed E-state index contributed by atoms with van der Waals surface area (Å²) in [5, 5.41) is 14.8. The smallest absolute Gasteiger partial charge is 0.341 e. The van der Waals surface area contributed by atoms with Gasteiger partial charge >= 0.3 is 5.97 Å². The molecule has 0 atom stereocenters. The van der Waals surface area contributed by atoms with Gasteiger partial charge in [-0.3, -0.25) is 4.79 Å². The predicted molar refractivity (Wildman–Crippen MR) is 53.2 cm³/mol. The Morgan fingerprint density at radius 3 is 2.75 bits per heavy atom. The molecule has 16 heavy (non-hydrogen) atoms. The summed E-state index contributed by atoms with van der Waals surface area (Å²) < 4.78 is 4.66. The minimum atomic E-state index is -1.21. The summed E-state index contributed by atoms with van der Waals surface area (Å²) in [6.07, 6.45) is 5.08. The topological polar surface area (TPSA) is 92.4 Å². The van der Waals surface area contributed by atoms with Gasteiger partial charge in [0, 0.05) is 6.04 Å². The van der Waals surface area contributed by atoms with E-state index in [1.807, 2.05) is 0 Å². The molecule has 0 unspecified atom stereocenters. The summed E-state index contributed by atoms with van der Waals surface area (Å²) in [5.74, 6) is -1.93. The van der Waals surface area contributed by atoms with E-state index in [9.17, 15) is 9.59 Å². The zero-order valence-corrected chi connectivity index (χ0v) is 8.60. The number of aromatic nitrogens is 1. The minimum Gasteiger partial charge on any atom is -0.477 e. The number of carboxylic acids is 1. The van der Waals surface area contributed by atoms with Gasteiger partial charge in [-0.25, -0.2) is 4.79 Å². The van der Waals surface area contributed by atoms with Gasteiger partial charge in [0.05, 0.1) is 6.20 Å². The molecule has 2 N–H and O–H groups in total. The summed E-state index contributed by atoms with van der Waals surface area (Å²) in [5.41, 5.74) is -0.199. The molecular formula is C10H12N2O4. The van der Waals surface area contributed by atoms with Crippen molar-refractivity contribution in [3.05, 3.63) is 17.5 Å². The first-order chi connectivity index (χ1) is 7.68. The molecule has 0 bridgehead atoms. The Labute approximate surface area is 91.6 Å². The maximum absolute atomic E-state index is 11.7. The summed E-state index contributed by atoms with van der Waals surface area (Å²) in [7, 11) is 0. The molecule has 6 heteroatoms. The van der Waals surface area contributed by atoms with E-state index in [0.717, 1.165) is 31.9 Å². The molecule has 6 nitrogen and oxygen atoms in total. The molecule has 1 saturated carbocycles. The molecular weight excluding hydrogens is 212 g/mol. The van der Waals surface area contributed by atoms with Crippen LogP contribution in [0, 0.1) is 0 Å². The van der Waals surface area contributed by atoms with Crippen LogP contribution in [0.3, 0.4) is 0 Å². The Kier molecular flexibility index (Phi) is 2.89. The lowest BCUT2D eigenvalue weighted by molar-refractivity contribution is 0.0687. The lowest BCUT2D eigenvalue weighted by Crippen LogP contribution is -2.33. The largest absolute Gasteiger partial charge is 0.477 e. The van der Waals surface area contributed by atoms with Gasteiger partial charge < -0.3 is 14.9 Å². The number of hydrogen-bond donors (Lipinski definition) is 2. The highest BCUT2D eigenvalue weighted by Gasteiger charge is 2.25. The van der Waals surface area contributed by atoms with E-state index in [1.54, 1.807) is 0 Å². The maximum atomic E-state index is 11.7. The van der Waals surface area contributed by atoms with Crippen molar-refractivity contribution in [2.24, 2.45) is 0 Å². The molecule has 0 saturated heterocycles. The van der Waals surface area contributed by atoms with Gasteiger partial charge in [0.15, 0.2) is 0 Å². The van der Waals surface area contributed by atoms with Gasteiger partial charge in [-0.1, -0.05) is 18.0 Å². The summed E-state index contributed by atoms with van der Waals surface area (Å²) >= 11 is 0. The van der Waals surface area contributed by atoms with Crippen molar-refractivity contribution >= 4 is 11.9 Å². The lowest BCUT2D eigenvalue weighted by Gasteiger charge is -2.09. The molecule has 1 aliphatic rings. The zero-order chi connectivity index (χ0) is 11.5. The van der Waals surface area contributed by atoms with Crippen molar-refractivity contribution in [2.45, 2.75) is 31.7 Å². The molecule has 2 rings (SSSR count). The molecule has 0 spiro atoms. The van der Waals surface area contributed by atoms with Crippen molar-refractivity contribution in [3.63, 3.8) is 0 Å². The zero-order valence-electron chi connectivity index (χ0n) is 8.60. The second-order valence-corrected chi connectivity index (χ2v) is 3.83. The average molecular weight is 224 g/mol. The van der Waals surface area contributed by atoms with E-state index < -0.39 is 11.9 Å². The van der Waals surface area contributed by atoms with E-state index in [0.29, 0.717) is 0 Å². The molecule has 1 heterocycles. The van der Waals surface area contributed by atoms with Gasteiger partial charge in [-0.2, -0.15) is 0 Å². The number of nitrogens with zero attached hydrogens (tertiary/aromatic N) is 1. The van der Waals surface area contributed by atoms with Crippen LogP contribution >= 0.6 is 0 Å².